The van der Waals surface area contributed by atoms with Gasteiger partial charge in [-0.15, -0.1) is 0 Å². The molecule has 0 aromatic carbocycles. The summed E-state index contributed by atoms with van der Waals surface area (Å²) < 4.78 is 0. The molecule has 1 aromatic rings. The summed E-state index contributed by atoms with van der Waals surface area (Å²) >= 11 is 0. The lowest BCUT2D eigenvalue weighted by Gasteiger charge is -2.22. The molecular formula is C11H18N4O2. The summed E-state index contributed by atoms with van der Waals surface area (Å²) in [5.41, 5.74) is 0. The molecule has 1 N–H and O–H groups in total. The third-order valence-corrected chi connectivity index (χ3v) is 2.17. The molecule has 0 aliphatic heterocycles. The third kappa shape index (κ3) is 3.90. The highest BCUT2D eigenvalue weighted by Crippen LogP contribution is 2.13. The number of rotatable bonds is 6. The van der Waals surface area contributed by atoms with E-state index in [-0.39, 0.29) is 6.54 Å². The van der Waals surface area contributed by atoms with Crippen LogP contribution in [-0.2, 0) is 4.79 Å². The quantitative estimate of drug-likeness (QED) is 0.792. The normalized spacial score (nSPS) is 10.1. The van der Waals surface area contributed by atoms with Crippen molar-refractivity contribution in [2.75, 3.05) is 37.0 Å². The van der Waals surface area contributed by atoms with Gasteiger partial charge < -0.3 is 14.9 Å². The number of carbonyl (C=O) groups is 1. The molecule has 0 aliphatic carbocycles. The molecule has 0 radical (unpaired) electrons. The predicted molar refractivity (Wildman–Crippen MR) is 66.5 cm³/mol. The van der Waals surface area contributed by atoms with Gasteiger partial charge in [-0.25, -0.2) is 4.98 Å². The molecule has 0 saturated heterocycles. The maximum absolute atomic E-state index is 10.8. The molecule has 6 nitrogen and oxygen atoms in total. The van der Waals surface area contributed by atoms with Crippen LogP contribution in [0.2, 0.25) is 0 Å². The van der Waals surface area contributed by atoms with Gasteiger partial charge >= 0.3 is 5.97 Å². The summed E-state index contributed by atoms with van der Waals surface area (Å²) in [4.78, 5) is 22.7. The lowest BCUT2D eigenvalue weighted by molar-refractivity contribution is -0.135. The predicted octanol–water partition coefficient (Wildman–Crippen LogP) is 0.844. The van der Waals surface area contributed by atoms with Crippen LogP contribution in [0.15, 0.2) is 12.3 Å². The summed E-state index contributed by atoms with van der Waals surface area (Å²) in [7, 11) is 3.70. The number of aliphatic carboxylic acids is 1. The fourth-order valence-corrected chi connectivity index (χ4v) is 1.44. The molecule has 1 heterocycles. The largest absolute Gasteiger partial charge is 0.480 e. The van der Waals surface area contributed by atoms with Gasteiger partial charge in [0.15, 0.2) is 0 Å². The number of carboxylic acid groups (broad SMARTS) is 1. The Balaban J connectivity index is 2.92. The van der Waals surface area contributed by atoms with Crippen molar-refractivity contribution in [1.82, 2.24) is 9.97 Å². The zero-order valence-corrected chi connectivity index (χ0v) is 10.4. The Hall–Kier alpha value is -1.85. The van der Waals surface area contributed by atoms with E-state index in [1.54, 1.807) is 22.1 Å². The van der Waals surface area contributed by atoms with Gasteiger partial charge in [-0.2, -0.15) is 4.98 Å². The fourth-order valence-electron chi connectivity index (χ4n) is 1.44. The van der Waals surface area contributed by atoms with Gasteiger partial charge in [0.2, 0.25) is 5.95 Å². The lowest BCUT2D eigenvalue weighted by atomic mass is 10.4. The van der Waals surface area contributed by atoms with E-state index in [1.165, 1.54) is 0 Å². The maximum Gasteiger partial charge on any atom is 0.323 e. The molecule has 1 aromatic heterocycles. The van der Waals surface area contributed by atoms with Crippen LogP contribution in [0, 0.1) is 0 Å². The maximum atomic E-state index is 10.8. The number of hydrogen-bond donors (Lipinski definition) is 1. The molecule has 0 aliphatic rings. The summed E-state index contributed by atoms with van der Waals surface area (Å²) in [5, 5.41) is 8.85. The highest BCUT2D eigenvalue weighted by molar-refractivity contribution is 5.73. The SMILES string of the molecule is CCCN(CC(=O)O)c1ccnc(N(C)C)n1. The molecular weight excluding hydrogens is 220 g/mol. The van der Waals surface area contributed by atoms with Crippen LogP contribution in [0.25, 0.3) is 0 Å². The van der Waals surface area contributed by atoms with Gasteiger partial charge in [-0.3, -0.25) is 4.79 Å². The fraction of sp³-hybridized carbons (Fsp3) is 0.545. The molecule has 0 amide bonds. The standard InChI is InChI=1S/C11H18N4O2/c1-4-7-15(8-10(16)17)9-5-6-12-11(13-9)14(2)3/h5-6H,4,7-8H2,1-3H3,(H,16,17). The van der Waals surface area contributed by atoms with Crippen molar-refractivity contribution < 1.29 is 9.90 Å². The van der Waals surface area contributed by atoms with Gasteiger partial charge in [0.1, 0.15) is 12.4 Å². The molecule has 0 saturated carbocycles. The number of carboxylic acids is 1. The average molecular weight is 238 g/mol. The number of aromatic nitrogens is 2. The second-order valence-corrected chi connectivity index (χ2v) is 3.92. The van der Waals surface area contributed by atoms with Crippen molar-refractivity contribution >= 4 is 17.7 Å². The number of anilines is 2. The summed E-state index contributed by atoms with van der Waals surface area (Å²) in [6.07, 6.45) is 2.51. The van der Waals surface area contributed by atoms with Crippen LogP contribution in [0.4, 0.5) is 11.8 Å². The van der Waals surface area contributed by atoms with Crippen LogP contribution in [0.3, 0.4) is 0 Å². The van der Waals surface area contributed by atoms with Crippen molar-refractivity contribution in [3.63, 3.8) is 0 Å². The second kappa shape index (κ2) is 6.03. The van der Waals surface area contributed by atoms with E-state index in [9.17, 15) is 4.79 Å². The van der Waals surface area contributed by atoms with E-state index in [1.807, 2.05) is 21.0 Å². The molecule has 1 rings (SSSR count). The zero-order chi connectivity index (χ0) is 12.8. The topological polar surface area (TPSA) is 69.6 Å². The highest BCUT2D eigenvalue weighted by Gasteiger charge is 2.12. The van der Waals surface area contributed by atoms with E-state index in [4.69, 9.17) is 5.11 Å². The van der Waals surface area contributed by atoms with E-state index in [0.717, 1.165) is 6.42 Å². The average Bonchev–Trinajstić information content (AvgIpc) is 2.28. The minimum absolute atomic E-state index is 0.0439. The Morgan fingerprint density at radius 1 is 1.47 bits per heavy atom. The Morgan fingerprint density at radius 3 is 2.71 bits per heavy atom. The van der Waals surface area contributed by atoms with Gasteiger partial charge in [-0.05, 0) is 12.5 Å². The van der Waals surface area contributed by atoms with Crippen molar-refractivity contribution in [3.05, 3.63) is 12.3 Å². The van der Waals surface area contributed by atoms with Crippen molar-refractivity contribution in [2.24, 2.45) is 0 Å². The van der Waals surface area contributed by atoms with Crippen molar-refractivity contribution in [3.8, 4) is 0 Å². The first-order chi connectivity index (χ1) is 8.04. The summed E-state index contributed by atoms with van der Waals surface area (Å²) in [5.74, 6) is 0.366. The molecule has 94 valence electrons. The molecule has 0 unspecified atom stereocenters. The van der Waals surface area contributed by atoms with Gasteiger partial charge in [0.05, 0.1) is 0 Å². The van der Waals surface area contributed by atoms with Crippen LogP contribution in [-0.4, -0.2) is 48.2 Å². The van der Waals surface area contributed by atoms with Gasteiger partial charge in [0.25, 0.3) is 0 Å². The first-order valence-corrected chi connectivity index (χ1v) is 5.51. The third-order valence-electron chi connectivity index (χ3n) is 2.17. The first-order valence-electron chi connectivity index (χ1n) is 5.51. The molecule has 6 heteroatoms. The molecule has 0 fully saturated rings. The van der Waals surface area contributed by atoms with Crippen LogP contribution in [0.5, 0.6) is 0 Å². The minimum atomic E-state index is -0.858. The first kappa shape index (κ1) is 13.2. The Kier molecular flexibility index (Phi) is 4.68. The lowest BCUT2D eigenvalue weighted by Crippen LogP contribution is -2.31. The Labute approximate surface area is 101 Å². The van der Waals surface area contributed by atoms with E-state index in [0.29, 0.717) is 18.3 Å². The van der Waals surface area contributed by atoms with Crippen molar-refractivity contribution in [1.29, 1.82) is 0 Å². The highest BCUT2D eigenvalue weighted by atomic mass is 16.4. The van der Waals surface area contributed by atoms with E-state index in [2.05, 4.69) is 9.97 Å². The Morgan fingerprint density at radius 2 is 2.18 bits per heavy atom. The number of nitrogens with zero attached hydrogens (tertiary/aromatic N) is 4. The smallest absolute Gasteiger partial charge is 0.323 e. The van der Waals surface area contributed by atoms with Gasteiger partial charge in [-0.1, -0.05) is 6.92 Å². The monoisotopic (exact) mass is 238 g/mol. The van der Waals surface area contributed by atoms with Crippen LogP contribution >= 0.6 is 0 Å². The molecule has 0 spiro atoms. The molecule has 17 heavy (non-hydrogen) atoms. The second-order valence-electron chi connectivity index (χ2n) is 3.92. The van der Waals surface area contributed by atoms with Gasteiger partial charge in [0, 0.05) is 26.8 Å². The van der Waals surface area contributed by atoms with E-state index >= 15 is 0 Å². The van der Waals surface area contributed by atoms with Crippen molar-refractivity contribution in [2.45, 2.75) is 13.3 Å². The molecule has 0 atom stereocenters. The van der Waals surface area contributed by atoms with E-state index < -0.39 is 5.97 Å². The summed E-state index contributed by atoms with van der Waals surface area (Å²) in [6, 6.07) is 1.73. The molecule has 0 bridgehead atoms. The number of hydrogen-bond acceptors (Lipinski definition) is 5. The van der Waals surface area contributed by atoms with Crippen LogP contribution < -0.4 is 9.80 Å². The summed E-state index contributed by atoms with van der Waals surface area (Å²) in [6.45, 7) is 2.62. The van der Waals surface area contributed by atoms with Crippen LogP contribution in [0.1, 0.15) is 13.3 Å². The Bertz CT molecular complexity index is 381. The zero-order valence-electron chi connectivity index (χ0n) is 10.4. The minimum Gasteiger partial charge on any atom is -0.480 e.